The predicted octanol–water partition coefficient (Wildman–Crippen LogP) is 3.38. The lowest BCUT2D eigenvalue weighted by Gasteiger charge is -2.19. The lowest BCUT2D eigenvalue weighted by atomic mass is 10.1. The van der Waals surface area contributed by atoms with Gasteiger partial charge in [0.25, 0.3) is 0 Å². The Morgan fingerprint density at radius 1 is 1.11 bits per heavy atom. The molecule has 0 fully saturated rings. The van der Waals surface area contributed by atoms with Crippen molar-refractivity contribution < 1.29 is 14.3 Å². The van der Waals surface area contributed by atoms with Crippen LogP contribution in [-0.4, -0.2) is 27.4 Å². The molecule has 0 saturated heterocycles. The van der Waals surface area contributed by atoms with E-state index in [4.69, 9.17) is 4.74 Å². The van der Waals surface area contributed by atoms with E-state index in [0.717, 1.165) is 16.6 Å². The van der Waals surface area contributed by atoms with Gasteiger partial charge in [0.1, 0.15) is 11.4 Å². The number of carbonyl (C=O) groups excluding carboxylic acids is 2. The van der Waals surface area contributed by atoms with Crippen molar-refractivity contribution >= 4 is 22.9 Å². The number of aromatic amines is 1. The summed E-state index contributed by atoms with van der Waals surface area (Å²) in [4.78, 5) is 31.9. The first kappa shape index (κ1) is 18.6. The number of amides is 1. The number of nitrogens with zero attached hydrogens (tertiary/aromatic N) is 1. The number of esters is 1. The number of rotatable bonds is 5. The lowest BCUT2D eigenvalue weighted by molar-refractivity contribution is -0.120. The number of aromatic nitrogens is 2. The molecule has 0 aliphatic rings. The molecule has 0 unspecified atom stereocenters. The van der Waals surface area contributed by atoms with Gasteiger partial charge in [0.05, 0.1) is 23.0 Å². The fraction of sp³-hybridized carbons (Fsp3) is 0.286. The van der Waals surface area contributed by atoms with E-state index in [0.29, 0.717) is 17.9 Å². The summed E-state index contributed by atoms with van der Waals surface area (Å²) in [6.07, 6.45) is 0.167. The number of para-hydroxylation sites is 2. The van der Waals surface area contributed by atoms with Crippen LogP contribution in [0.4, 0.5) is 0 Å². The first-order valence-corrected chi connectivity index (χ1v) is 8.83. The molecule has 6 nitrogen and oxygen atoms in total. The number of carbonyl (C=O) groups is 2. The van der Waals surface area contributed by atoms with Crippen molar-refractivity contribution in [1.29, 1.82) is 0 Å². The number of ether oxygens (including phenoxy) is 1. The van der Waals surface area contributed by atoms with Crippen molar-refractivity contribution in [3.8, 4) is 0 Å². The van der Waals surface area contributed by atoms with Crippen LogP contribution in [0, 0.1) is 0 Å². The van der Waals surface area contributed by atoms with Crippen LogP contribution in [0.5, 0.6) is 0 Å². The Morgan fingerprint density at radius 3 is 2.63 bits per heavy atom. The van der Waals surface area contributed by atoms with Gasteiger partial charge in [-0.3, -0.25) is 4.79 Å². The first-order chi connectivity index (χ1) is 12.8. The van der Waals surface area contributed by atoms with Crippen molar-refractivity contribution in [2.75, 3.05) is 0 Å². The second-order valence-electron chi connectivity index (χ2n) is 7.36. The third kappa shape index (κ3) is 5.17. The van der Waals surface area contributed by atoms with E-state index in [-0.39, 0.29) is 18.3 Å². The standard InChI is InChI=1S/C21H23N3O3/c1-21(2,3)27-20(26)15-8-6-7-14(11-15)13-22-19(25)12-18-23-16-9-4-5-10-17(16)24-18/h4-11H,12-13H2,1-3H3,(H,22,25)(H,23,24). The zero-order valence-electron chi connectivity index (χ0n) is 15.7. The maximum absolute atomic E-state index is 12.2. The molecule has 3 rings (SSSR count). The second kappa shape index (κ2) is 7.61. The molecule has 0 aliphatic heterocycles. The first-order valence-electron chi connectivity index (χ1n) is 8.83. The maximum Gasteiger partial charge on any atom is 0.338 e. The second-order valence-corrected chi connectivity index (χ2v) is 7.36. The minimum absolute atomic E-state index is 0.142. The third-order valence-corrected chi connectivity index (χ3v) is 3.82. The smallest absolute Gasteiger partial charge is 0.338 e. The number of H-pyrrole nitrogens is 1. The molecular weight excluding hydrogens is 342 g/mol. The zero-order valence-corrected chi connectivity index (χ0v) is 15.7. The predicted molar refractivity (Wildman–Crippen MR) is 103 cm³/mol. The molecule has 140 valence electrons. The van der Waals surface area contributed by atoms with Crippen LogP contribution in [0.1, 0.15) is 42.5 Å². The molecule has 1 amide bonds. The summed E-state index contributed by atoms with van der Waals surface area (Å²) in [5.41, 5.74) is 2.49. The normalized spacial score (nSPS) is 11.4. The van der Waals surface area contributed by atoms with E-state index < -0.39 is 5.60 Å². The summed E-state index contributed by atoms with van der Waals surface area (Å²) in [6.45, 7) is 5.81. The van der Waals surface area contributed by atoms with Crippen molar-refractivity contribution in [2.45, 2.75) is 39.3 Å². The molecule has 0 bridgehead atoms. The zero-order chi connectivity index (χ0) is 19.4. The summed E-state index contributed by atoms with van der Waals surface area (Å²) in [7, 11) is 0. The average molecular weight is 365 g/mol. The van der Waals surface area contributed by atoms with Crippen molar-refractivity contribution in [1.82, 2.24) is 15.3 Å². The summed E-state index contributed by atoms with van der Waals surface area (Å²) >= 11 is 0. The minimum atomic E-state index is -0.548. The molecule has 1 heterocycles. The Bertz CT molecular complexity index is 937. The molecular formula is C21H23N3O3. The van der Waals surface area contributed by atoms with E-state index in [2.05, 4.69) is 15.3 Å². The highest BCUT2D eigenvalue weighted by Crippen LogP contribution is 2.14. The van der Waals surface area contributed by atoms with E-state index in [1.807, 2.05) is 51.1 Å². The van der Waals surface area contributed by atoms with Gasteiger partial charge in [0, 0.05) is 6.54 Å². The van der Waals surface area contributed by atoms with Gasteiger partial charge in [-0.2, -0.15) is 0 Å². The molecule has 27 heavy (non-hydrogen) atoms. The van der Waals surface area contributed by atoms with Crippen LogP contribution >= 0.6 is 0 Å². The number of benzene rings is 2. The highest BCUT2D eigenvalue weighted by Gasteiger charge is 2.18. The van der Waals surface area contributed by atoms with Crippen LogP contribution in [-0.2, 0) is 22.5 Å². The number of hydrogen-bond acceptors (Lipinski definition) is 4. The van der Waals surface area contributed by atoms with E-state index >= 15 is 0 Å². The van der Waals surface area contributed by atoms with E-state index in [9.17, 15) is 9.59 Å². The molecule has 0 saturated carbocycles. The molecule has 0 atom stereocenters. The quantitative estimate of drug-likeness (QED) is 0.679. The largest absolute Gasteiger partial charge is 0.456 e. The Kier molecular flexibility index (Phi) is 5.26. The van der Waals surface area contributed by atoms with Gasteiger partial charge < -0.3 is 15.0 Å². The summed E-state index contributed by atoms with van der Waals surface area (Å²) in [6, 6.07) is 14.7. The topological polar surface area (TPSA) is 84.1 Å². The number of hydrogen-bond donors (Lipinski definition) is 2. The van der Waals surface area contributed by atoms with Crippen molar-refractivity contribution in [3.05, 3.63) is 65.5 Å². The third-order valence-electron chi connectivity index (χ3n) is 3.82. The van der Waals surface area contributed by atoms with Crippen LogP contribution in [0.2, 0.25) is 0 Å². The van der Waals surface area contributed by atoms with Crippen LogP contribution in [0.25, 0.3) is 11.0 Å². The highest BCUT2D eigenvalue weighted by molar-refractivity contribution is 5.90. The molecule has 1 aromatic heterocycles. The monoisotopic (exact) mass is 365 g/mol. The Labute approximate surface area is 158 Å². The molecule has 0 radical (unpaired) electrons. The Hall–Kier alpha value is -3.15. The summed E-state index contributed by atoms with van der Waals surface area (Å²) < 4.78 is 5.37. The van der Waals surface area contributed by atoms with E-state index in [1.165, 1.54) is 0 Å². The van der Waals surface area contributed by atoms with Gasteiger partial charge >= 0.3 is 5.97 Å². The SMILES string of the molecule is CC(C)(C)OC(=O)c1cccc(CNC(=O)Cc2nc3ccccc3[nH]2)c1. The molecule has 2 aromatic carbocycles. The van der Waals surface area contributed by atoms with Crippen molar-refractivity contribution in [2.24, 2.45) is 0 Å². The van der Waals surface area contributed by atoms with Gasteiger partial charge in [-0.1, -0.05) is 24.3 Å². The highest BCUT2D eigenvalue weighted by atomic mass is 16.6. The lowest BCUT2D eigenvalue weighted by Crippen LogP contribution is -2.25. The average Bonchev–Trinajstić information content (AvgIpc) is 3.01. The fourth-order valence-corrected chi connectivity index (χ4v) is 2.65. The number of fused-ring (bicyclic) bond motifs is 1. The number of nitrogens with one attached hydrogen (secondary N) is 2. The van der Waals surface area contributed by atoms with E-state index in [1.54, 1.807) is 18.2 Å². The molecule has 0 spiro atoms. The summed E-state index contributed by atoms with van der Waals surface area (Å²) in [5.74, 6) is 0.103. The van der Waals surface area contributed by atoms with Crippen molar-refractivity contribution in [3.63, 3.8) is 0 Å². The van der Waals surface area contributed by atoms with Gasteiger partial charge in [-0.15, -0.1) is 0 Å². The van der Waals surface area contributed by atoms with Gasteiger partial charge in [0.2, 0.25) is 5.91 Å². The minimum Gasteiger partial charge on any atom is -0.456 e. The Morgan fingerprint density at radius 2 is 1.89 bits per heavy atom. The molecule has 6 heteroatoms. The fourth-order valence-electron chi connectivity index (χ4n) is 2.65. The maximum atomic E-state index is 12.2. The Balaban J connectivity index is 1.58. The molecule has 0 aliphatic carbocycles. The van der Waals surface area contributed by atoms with Gasteiger partial charge in [0.15, 0.2) is 0 Å². The van der Waals surface area contributed by atoms with Crippen LogP contribution in [0.3, 0.4) is 0 Å². The van der Waals surface area contributed by atoms with Gasteiger partial charge in [-0.05, 0) is 50.6 Å². The molecule has 3 aromatic rings. The summed E-state index contributed by atoms with van der Waals surface area (Å²) in [5, 5.41) is 2.86. The van der Waals surface area contributed by atoms with Gasteiger partial charge in [-0.25, -0.2) is 9.78 Å². The number of imidazole rings is 1. The van der Waals surface area contributed by atoms with Crippen LogP contribution < -0.4 is 5.32 Å². The van der Waals surface area contributed by atoms with Crippen LogP contribution in [0.15, 0.2) is 48.5 Å². The molecule has 2 N–H and O–H groups in total.